The van der Waals surface area contributed by atoms with Gasteiger partial charge in [-0.2, -0.15) is 0 Å². The van der Waals surface area contributed by atoms with E-state index in [0.29, 0.717) is 0 Å². The van der Waals surface area contributed by atoms with Crippen molar-refractivity contribution in [3.63, 3.8) is 0 Å². The van der Waals surface area contributed by atoms with Crippen LogP contribution in [0.5, 0.6) is 0 Å². The summed E-state index contributed by atoms with van der Waals surface area (Å²) < 4.78 is 31.5. The van der Waals surface area contributed by atoms with Crippen molar-refractivity contribution in [1.82, 2.24) is 9.71 Å². The van der Waals surface area contributed by atoms with E-state index in [0.717, 1.165) is 0 Å². The number of methoxy groups -OCH3 is 1. The molecule has 100 valence electrons. The van der Waals surface area contributed by atoms with Gasteiger partial charge in [-0.05, 0) is 19.1 Å². The lowest BCUT2D eigenvalue weighted by Crippen LogP contribution is -2.33. The van der Waals surface area contributed by atoms with E-state index < -0.39 is 10.0 Å². The van der Waals surface area contributed by atoms with Crippen molar-refractivity contribution in [3.8, 4) is 0 Å². The first-order chi connectivity index (χ1) is 8.38. The number of sulfonamides is 1. The molecule has 1 aromatic heterocycles. The number of rotatable bonds is 6. The van der Waals surface area contributed by atoms with Crippen LogP contribution < -0.4 is 10.5 Å². The van der Waals surface area contributed by atoms with Crippen molar-refractivity contribution in [2.45, 2.75) is 17.9 Å². The SMILES string of the molecule is COC(C)CNS(=O)(=O)c1cccnc1C(N)=S. The monoisotopic (exact) mass is 289 g/mol. The fraction of sp³-hybridized carbons (Fsp3) is 0.400. The smallest absolute Gasteiger partial charge is 0.242 e. The highest BCUT2D eigenvalue weighted by Gasteiger charge is 2.20. The Balaban J connectivity index is 3.02. The first-order valence-corrected chi connectivity index (χ1v) is 7.05. The van der Waals surface area contributed by atoms with Crippen LogP contribution in [0.4, 0.5) is 0 Å². The summed E-state index contributed by atoms with van der Waals surface area (Å²) in [5.41, 5.74) is 5.53. The van der Waals surface area contributed by atoms with E-state index in [1.807, 2.05) is 0 Å². The van der Waals surface area contributed by atoms with Crippen molar-refractivity contribution in [3.05, 3.63) is 24.0 Å². The quantitative estimate of drug-likeness (QED) is 0.718. The van der Waals surface area contributed by atoms with Gasteiger partial charge in [0.25, 0.3) is 0 Å². The number of nitrogens with zero attached hydrogens (tertiary/aromatic N) is 1. The third-order valence-electron chi connectivity index (χ3n) is 2.26. The average Bonchev–Trinajstić information content (AvgIpc) is 2.36. The molecule has 0 bridgehead atoms. The van der Waals surface area contributed by atoms with Crippen LogP contribution in [0.2, 0.25) is 0 Å². The molecule has 8 heteroatoms. The van der Waals surface area contributed by atoms with E-state index in [1.54, 1.807) is 6.92 Å². The maximum atomic E-state index is 12.1. The standard InChI is InChI=1S/C10H15N3O3S2/c1-7(16-2)6-13-18(14,15)8-4-3-5-12-9(8)10(11)17/h3-5,7,13H,6H2,1-2H3,(H2,11,17). The third kappa shape index (κ3) is 3.70. The number of hydrogen-bond acceptors (Lipinski definition) is 5. The van der Waals surface area contributed by atoms with Crippen LogP contribution in [0.1, 0.15) is 12.6 Å². The number of nitrogens with two attached hydrogens (primary N) is 1. The van der Waals surface area contributed by atoms with Gasteiger partial charge in [-0.3, -0.25) is 4.98 Å². The molecular weight excluding hydrogens is 274 g/mol. The maximum absolute atomic E-state index is 12.1. The summed E-state index contributed by atoms with van der Waals surface area (Å²) in [5, 5.41) is 0. The molecule has 1 heterocycles. The van der Waals surface area contributed by atoms with Gasteiger partial charge in [0, 0.05) is 19.9 Å². The molecule has 18 heavy (non-hydrogen) atoms. The van der Waals surface area contributed by atoms with E-state index in [4.69, 9.17) is 22.7 Å². The molecule has 1 unspecified atom stereocenters. The molecule has 3 N–H and O–H groups in total. The lowest BCUT2D eigenvalue weighted by molar-refractivity contribution is 0.122. The number of hydrogen-bond donors (Lipinski definition) is 2. The molecule has 0 aliphatic rings. The average molecular weight is 289 g/mol. The summed E-state index contributed by atoms with van der Waals surface area (Å²) in [6, 6.07) is 2.91. The van der Waals surface area contributed by atoms with Gasteiger partial charge in [0.05, 0.1) is 6.10 Å². The second-order valence-corrected chi connectivity index (χ2v) is 5.79. The molecule has 0 aromatic carbocycles. The zero-order chi connectivity index (χ0) is 13.8. The van der Waals surface area contributed by atoms with Gasteiger partial charge < -0.3 is 10.5 Å². The Morgan fingerprint density at radius 2 is 2.33 bits per heavy atom. The molecule has 1 rings (SSSR count). The summed E-state index contributed by atoms with van der Waals surface area (Å²) in [7, 11) is -2.20. The molecule has 0 spiro atoms. The van der Waals surface area contributed by atoms with Crippen LogP contribution in [0.25, 0.3) is 0 Å². The van der Waals surface area contributed by atoms with E-state index in [9.17, 15) is 8.42 Å². The Labute approximate surface area is 112 Å². The zero-order valence-corrected chi connectivity index (χ0v) is 11.7. The first-order valence-electron chi connectivity index (χ1n) is 5.15. The van der Waals surface area contributed by atoms with E-state index in [1.165, 1.54) is 25.4 Å². The highest BCUT2D eigenvalue weighted by atomic mass is 32.2. The molecule has 1 aromatic rings. The predicted octanol–water partition coefficient (Wildman–Crippen LogP) is 0.0290. The third-order valence-corrected chi connectivity index (χ3v) is 3.91. The van der Waals surface area contributed by atoms with Crippen molar-refractivity contribution in [2.24, 2.45) is 5.73 Å². The number of aromatic nitrogens is 1. The molecule has 0 saturated heterocycles. The Hall–Kier alpha value is -1.09. The number of pyridine rings is 1. The zero-order valence-electron chi connectivity index (χ0n) is 10.1. The topological polar surface area (TPSA) is 94.3 Å². The highest BCUT2D eigenvalue weighted by Crippen LogP contribution is 2.12. The lowest BCUT2D eigenvalue weighted by atomic mass is 10.3. The van der Waals surface area contributed by atoms with Crippen molar-refractivity contribution in [1.29, 1.82) is 0 Å². The molecular formula is C10H15N3O3S2. The van der Waals surface area contributed by atoms with Crippen molar-refractivity contribution in [2.75, 3.05) is 13.7 Å². The van der Waals surface area contributed by atoms with Crippen molar-refractivity contribution >= 4 is 27.2 Å². The minimum atomic E-state index is -3.70. The molecule has 0 aliphatic heterocycles. The number of thiocarbonyl (C=S) groups is 1. The fourth-order valence-corrected chi connectivity index (χ4v) is 2.69. The van der Waals surface area contributed by atoms with Crippen LogP contribution >= 0.6 is 12.2 Å². The van der Waals surface area contributed by atoms with E-state index >= 15 is 0 Å². The van der Waals surface area contributed by atoms with E-state index in [-0.39, 0.29) is 28.2 Å². The molecule has 0 saturated carbocycles. The second-order valence-electron chi connectivity index (χ2n) is 3.61. The molecule has 0 aliphatic carbocycles. The summed E-state index contributed by atoms with van der Waals surface area (Å²) >= 11 is 4.78. The summed E-state index contributed by atoms with van der Waals surface area (Å²) in [6.07, 6.45) is 1.20. The Kier molecular flexibility index (Phi) is 5.15. The molecule has 0 fully saturated rings. The highest BCUT2D eigenvalue weighted by molar-refractivity contribution is 7.89. The normalized spacial score (nSPS) is 13.2. The van der Waals surface area contributed by atoms with Crippen LogP contribution in [0.15, 0.2) is 23.2 Å². The predicted molar refractivity (Wildman–Crippen MR) is 71.8 cm³/mol. The van der Waals surface area contributed by atoms with Crippen LogP contribution in [-0.4, -0.2) is 38.1 Å². The van der Waals surface area contributed by atoms with Gasteiger partial charge in [-0.25, -0.2) is 13.1 Å². The Bertz CT molecular complexity index is 531. The molecule has 1 atom stereocenters. The van der Waals surface area contributed by atoms with Crippen molar-refractivity contribution < 1.29 is 13.2 Å². The number of nitrogens with one attached hydrogen (secondary N) is 1. The molecule has 6 nitrogen and oxygen atoms in total. The van der Waals surface area contributed by atoms with Gasteiger partial charge >= 0.3 is 0 Å². The Morgan fingerprint density at radius 1 is 1.67 bits per heavy atom. The van der Waals surface area contributed by atoms with Gasteiger partial charge in [0.1, 0.15) is 15.6 Å². The van der Waals surface area contributed by atoms with Crippen LogP contribution in [0.3, 0.4) is 0 Å². The lowest BCUT2D eigenvalue weighted by Gasteiger charge is -2.12. The van der Waals surface area contributed by atoms with Gasteiger partial charge in [-0.15, -0.1) is 0 Å². The van der Waals surface area contributed by atoms with Crippen LogP contribution in [0, 0.1) is 0 Å². The minimum Gasteiger partial charge on any atom is -0.388 e. The summed E-state index contributed by atoms with van der Waals surface area (Å²) in [5.74, 6) is 0. The Morgan fingerprint density at radius 3 is 2.89 bits per heavy atom. The van der Waals surface area contributed by atoms with Gasteiger partial charge in [0.2, 0.25) is 10.0 Å². The first kappa shape index (κ1) is 15.0. The largest absolute Gasteiger partial charge is 0.388 e. The maximum Gasteiger partial charge on any atom is 0.242 e. The minimum absolute atomic E-state index is 0.0270. The second kappa shape index (κ2) is 6.19. The van der Waals surface area contributed by atoms with Gasteiger partial charge in [0.15, 0.2) is 0 Å². The van der Waals surface area contributed by atoms with Crippen LogP contribution in [-0.2, 0) is 14.8 Å². The summed E-state index contributed by atoms with van der Waals surface area (Å²) in [6.45, 7) is 1.91. The molecule has 0 radical (unpaired) electrons. The van der Waals surface area contributed by atoms with E-state index in [2.05, 4.69) is 9.71 Å². The number of ether oxygens (including phenoxy) is 1. The molecule has 0 amide bonds. The fourth-order valence-electron chi connectivity index (χ4n) is 1.18. The van der Waals surface area contributed by atoms with Gasteiger partial charge in [-0.1, -0.05) is 12.2 Å². The summed E-state index contributed by atoms with van der Waals surface area (Å²) in [4.78, 5) is 3.79.